The second-order valence-electron chi connectivity index (χ2n) is 7.36. The van der Waals surface area contributed by atoms with Gasteiger partial charge in [-0.2, -0.15) is 0 Å². The van der Waals surface area contributed by atoms with Gasteiger partial charge >= 0.3 is 0 Å². The van der Waals surface area contributed by atoms with Crippen LogP contribution in [0.15, 0.2) is 0 Å². The maximum Gasteiger partial charge on any atom is 0.0542 e. The predicted molar refractivity (Wildman–Crippen MR) is 93.7 cm³/mol. The van der Waals surface area contributed by atoms with E-state index in [1.54, 1.807) is 0 Å². The number of unbranched alkanes of at least 4 members (excludes halogenated alkanes) is 9. The molecule has 0 radical (unpaired) electrons. The Morgan fingerprint density at radius 2 is 1.29 bits per heavy atom. The fraction of sp³-hybridized carbons (Fsp3) is 1.00. The molecule has 1 saturated carbocycles. The molecule has 0 amide bonds. The Balaban J connectivity index is 1.80. The molecular weight excluding hydrogens is 256 g/mol. The molecule has 1 N–H and O–H groups in total. The van der Waals surface area contributed by atoms with E-state index in [1.165, 1.54) is 96.3 Å². The first kappa shape index (κ1) is 19.0. The van der Waals surface area contributed by atoms with Gasteiger partial charge in [-0.3, -0.25) is 0 Å². The maximum absolute atomic E-state index is 10.1. The lowest BCUT2D eigenvalue weighted by atomic mass is 9.84. The molecule has 1 heteroatoms. The monoisotopic (exact) mass is 296 g/mol. The zero-order valence-electron chi connectivity index (χ0n) is 14.6. The molecule has 21 heavy (non-hydrogen) atoms. The molecule has 0 heterocycles. The minimum absolute atomic E-state index is 0.0119. The molecule has 1 nitrogen and oxygen atoms in total. The van der Waals surface area contributed by atoms with Gasteiger partial charge in [-0.1, -0.05) is 103 Å². The first-order valence-electron chi connectivity index (χ1n) is 10.0. The van der Waals surface area contributed by atoms with Crippen LogP contribution in [0.3, 0.4) is 0 Å². The summed E-state index contributed by atoms with van der Waals surface area (Å²) in [5, 5.41) is 10.1. The van der Waals surface area contributed by atoms with Gasteiger partial charge in [-0.25, -0.2) is 0 Å². The van der Waals surface area contributed by atoms with Gasteiger partial charge in [0, 0.05) is 0 Å². The predicted octanol–water partition coefficient (Wildman–Crippen LogP) is 6.63. The molecule has 0 aromatic heterocycles. The molecule has 1 unspecified atom stereocenters. The molecule has 0 bridgehead atoms. The number of rotatable bonds is 13. The molecule has 0 aromatic rings. The van der Waals surface area contributed by atoms with Gasteiger partial charge in [-0.05, 0) is 18.8 Å². The quantitative estimate of drug-likeness (QED) is 0.378. The average molecular weight is 297 g/mol. The Morgan fingerprint density at radius 1 is 0.762 bits per heavy atom. The molecule has 1 rings (SSSR count). The number of aliphatic hydroxyl groups excluding tert-OH is 1. The van der Waals surface area contributed by atoms with Crippen molar-refractivity contribution in [2.75, 3.05) is 0 Å². The standard InChI is InChI=1S/C20H40O/c1-2-3-4-5-6-7-8-9-10-14-17-20(21)18-19-15-12-11-13-16-19/h19-21H,2-18H2,1H3. The van der Waals surface area contributed by atoms with Gasteiger partial charge in [0.15, 0.2) is 0 Å². The third kappa shape index (κ3) is 11.2. The van der Waals surface area contributed by atoms with Gasteiger partial charge in [0.1, 0.15) is 0 Å². The maximum atomic E-state index is 10.1. The molecule has 0 spiro atoms. The molecule has 1 aliphatic carbocycles. The van der Waals surface area contributed by atoms with Crippen molar-refractivity contribution in [3.05, 3.63) is 0 Å². The van der Waals surface area contributed by atoms with Crippen molar-refractivity contribution in [2.24, 2.45) is 5.92 Å². The van der Waals surface area contributed by atoms with Crippen LogP contribution in [0.2, 0.25) is 0 Å². The number of hydrogen-bond acceptors (Lipinski definition) is 1. The van der Waals surface area contributed by atoms with Crippen molar-refractivity contribution in [3.63, 3.8) is 0 Å². The molecule has 0 aromatic carbocycles. The molecule has 0 saturated heterocycles. The highest BCUT2D eigenvalue weighted by molar-refractivity contribution is 4.69. The first-order valence-corrected chi connectivity index (χ1v) is 10.0. The third-order valence-electron chi connectivity index (χ3n) is 5.22. The van der Waals surface area contributed by atoms with Crippen molar-refractivity contribution in [3.8, 4) is 0 Å². The van der Waals surface area contributed by atoms with E-state index in [0.717, 1.165) is 18.8 Å². The Morgan fingerprint density at radius 3 is 1.86 bits per heavy atom. The minimum atomic E-state index is -0.0119. The fourth-order valence-electron chi connectivity index (χ4n) is 3.79. The normalized spacial score (nSPS) is 18.0. The largest absolute Gasteiger partial charge is 0.393 e. The van der Waals surface area contributed by atoms with Crippen LogP contribution in [0, 0.1) is 5.92 Å². The van der Waals surface area contributed by atoms with Crippen LogP contribution in [0.4, 0.5) is 0 Å². The SMILES string of the molecule is CCCCCCCCCCCCC(O)CC1CCCCC1. The highest BCUT2D eigenvalue weighted by Crippen LogP contribution is 2.28. The first-order chi connectivity index (χ1) is 10.3. The second-order valence-corrected chi connectivity index (χ2v) is 7.36. The van der Waals surface area contributed by atoms with Gasteiger partial charge in [-0.15, -0.1) is 0 Å². The van der Waals surface area contributed by atoms with Gasteiger partial charge in [0.05, 0.1) is 6.10 Å². The van der Waals surface area contributed by atoms with Crippen molar-refractivity contribution in [1.82, 2.24) is 0 Å². The van der Waals surface area contributed by atoms with Gasteiger partial charge in [0.2, 0.25) is 0 Å². The Bertz CT molecular complexity index is 208. The van der Waals surface area contributed by atoms with Crippen molar-refractivity contribution in [1.29, 1.82) is 0 Å². The molecule has 126 valence electrons. The average Bonchev–Trinajstić information content (AvgIpc) is 2.50. The van der Waals surface area contributed by atoms with E-state index >= 15 is 0 Å². The summed E-state index contributed by atoms with van der Waals surface area (Å²) < 4.78 is 0. The third-order valence-corrected chi connectivity index (χ3v) is 5.22. The zero-order chi connectivity index (χ0) is 15.2. The van der Waals surface area contributed by atoms with E-state index < -0.39 is 0 Å². The Kier molecular flexibility index (Phi) is 12.3. The summed E-state index contributed by atoms with van der Waals surface area (Å²) in [7, 11) is 0. The van der Waals surface area contributed by atoms with Crippen molar-refractivity contribution < 1.29 is 5.11 Å². The smallest absolute Gasteiger partial charge is 0.0542 e. The lowest BCUT2D eigenvalue weighted by molar-refractivity contribution is 0.119. The Hall–Kier alpha value is -0.0400. The highest BCUT2D eigenvalue weighted by atomic mass is 16.3. The van der Waals surface area contributed by atoms with E-state index in [4.69, 9.17) is 0 Å². The lowest BCUT2D eigenvalue weighted by Gasteiger charge is -2.23. The summed E-state index contributed by atoms with van der Waals surface area (Å²) in [5.74, 6) is 0.830. The minimum Gasteiger partial charge on any atom is -0.393 e. The molecule has 0 aliphatic heterocycles. The van der Waals surface area contributed by atoms with Crippen LogP contribution < -0.4 is 0 Å². The summed E-state index contributed by atoms with van der Waals surface area (Å²) in [6, 6.07) is 0. The van der Waals surface area contributed by atoms with Gasteiger partial charge in [0.25, 0.3) is 0 Å². The summed E-state index contributed by atoms with van der Waals surface area (Å²) in [6.07, 6.45) is 22.9. The molecular formula is C20H40O. The molecule has 1 aliphatic rings. The Labute approximate surface area is 133 Å². The summed E-state index contributed by atoms with van der Waals surface area (Å²) in [5.41, 5.74) is 0. The van der Waals surface area contributed by atoms with Crippen LogP contribution in [0.25, 0.3) is 0 Å². The highest BCUT2D eigenvalue weighted by Gasteiger charge is 2.16. The van der Waals surface area contributed by atoms with E-state index in [9.17, 15) is 5.11 Å². The van der Waals surface area contributed by atoms with E-state index in [-0.39, 0.29) is 6.10 Å². The second kappa shape index (κ2) is 13.6. The van der Waals surface area contributed by atoms with Crippen LogP contribution >= 0.6 is 0 Å². The lowest BCUT2D eigenvalue weighted by Crippen LogP contribution is -2.16. The van der Waals surface area contributed by atoms with Crippen LogP contribution in [0.1, 0.15) is 116 Å². The zero-order valence-corrected chi connectivity index (χ0v) is 14.6. The van der Waals surface area contributed by atoms with Crippen molar-refractivity contribution in [2.45, 2.75) is 122 Å². The van der Waals surface area contributed by atoms with Crippen molar-refractivity contribution >= 4 is 0 Å². The van der Waals surface area contributed by atoms with Crippen LogP contribution in [0.5, 0.6) is 0 Å². The topological polar surface area (TPSA) is 20.2 Å². The molecule has 1 fully saturated rings. The van der Waals surface area contributed by atoms with Crippen LogP contribution in [-0.2, 0) is 0 Å². The number of aliphatic hydroxyl groups is 1. The van der Waals surface area contributed by atoms with Crippen LogP contribution in [-0.4, -0.2) is 11.2 Å². The summed E-state index contributed by atoms with van der Waals surface area (Å²) in [6.45, 7) is 2.28. The van der Waals surface area contributed by atoms with Gasteiger partial charge < -0.3 is 5.11 Å². The van der Waals surface area contributed by atoms with E-state index in [2.05, 4.69) is 6.92 Å². The fourth-order valence-corrected chi connectivity index (χ4v) is 3.79. The van der Waals surface area contributed by atoms with E-state index in [1.807, 2.05) is 0 Å². The number of hydrogen-bond donors (Lipinski definition) is 1. The summed E-state index contributed by atoms with van der Waals surface area (Å²) >= 11 is 0. The van der Waals surface area contributed by atoms with E-state index in [0.29, 0.717) is 0 Å². The summed E-state index contributed by atoms with van der Waals surface area (Å²) in [4.78, 5) is 0. The molecule has 1 atom stereocenters.